The van der Waals surface area contributed by atoms with Crippen LogP contribution in [0.5, 0.6) is 0 Å². The summed E-state index contributed by atoms with van der Waals surface area (Å²) in [6.45, 7) is 10.2. The molecule has 1 aromatic heterocycles. The van der Waals surface area contributed by atoms with Crippen molar-refractivity contribution in [1.82, 2.24) is 20.7 Å². The van der Waals surface area contributed by atoms with Crippen molar-refractivity contribution in [1.29, 1.82) is 0 Å². The molecule has 18 nitrogen and oxygen atoms in total. The van der Waals surface area contributed by atoms with Crippen molar-refractivity contribution in [2.45, 2.75) is 59.8 Å². The molecule has 0 saturated heterocycles. The summed E-state index contributed by atoms with van der Waals surface area (Å²) >= 11 is 0. The lowest BCUT2D eigenvalue weighted by molar-refractivity contribution is -0.383. The van der Waals surface area contributed by atoms with Crippen LogP contribution in [0.25, 0.3) is 10.4 Å². The minimum Gasteiger partial charge on any atom is -0.388 e. The van der Waals surface area contributed by atoms with Crippen LogP contribution in [0.4, 0.5) is 22.7 Å². The first-order valence-corrected chi connectivity index (χ1v) is 17.4. The largest absolute Gasteiger partial charge is 0.388 e. The first-order valence-electron chi connectivity index (χ1n) is 17.4. The molecule has 18 heteroatoms. The predicted octanol–water partition coefficient (Wildman–Crippen LogP) is 5.48. The molecule has 0 saturated carbocycles. The smallest absolute Gasteiger partial charge is 0.292 e. The Balaban J connectivity index is 0. The van der Waals surface area contributed by atoms with E-state index in [9.17, 15) is 24.5 Å². The molecule has 0 radical (unpaired) electrons. The number of hydrogen-bond donors (Lipinski definition) is 7. The van der Waals surface area contributed by atoms with Crippen LogP contribution in [-0.2, 0) is 16.0 Å². The Morgan fingerprint density at radius 1 is 0.963 bits per heavy atom. The summed E-state index contributed by atoms with van der Waals surface area (Å²) in [5, 5.41) is 20.1. The topological polar surface area (TPSA) is 285 Å². The highest BCUT2D eigenvalue weighted by atomic mass is 16.6. The molecular weight excluding hydrogens is 694 g/mol. The van der Waals surface area contributed by atoms with E-state index in [1.165, 1.54) is 30.2 Å². The number of carbonyl (C=O) groups is 3. The van der Waals surface area contributed by atoms with Gasteiger partial charge in [-0.3, -0.25) is 51.1 Å². The van der Waals surface area contributed by atoms with Gasteiger partial charge in [0.25, 0.3) is 23.4 Å². The lowest BCUT2D eigenvalue weighted by Gasteiger charge is -2.11. The molecular formula is C36H57N13O5. The van der Waals surface area contributed by atoms with Gasteiger partial charge < -0.3 is 16.4 Å². The van der Waals surface area contributed by atoms with E-state index in [0.29, 0.717) is 24.3 Å². The molecule has 1 aliphatic heterocycles. The first-order chi connectivity index (χ1) is 26.1. The lowest BCUT2D eigenvalue weighted by atomic mass is 10.2. The van der Waals surface area contributed by atoms with Crippen LogP contribution in [0.15, 0.2) is 84.1 Å². The van der Waals surface area contributed by atoms with E-state index >= 15 is 0 Å². The van der Waals surface area contributed by atoms with Crippen molar-refractivity contribution in [3.63, 3.8) is 0 Å². The summed E-state index contributed by atoms with van der Waals surface area (Å²) in [6, 6.07) is 17.3. The van der Waals surface area contributed by atoms with Gasteiger partial charge in [0.2, 0.25) is 0 Å². The third kappa shape index (κ3) is 22.1. The highest BCUT2D eigenvalue weighted by molar-refractivity contribution is 6.12. The van der Waals surface area contributed by atoms with E-state index in [1.807, 2.05) is 64.3 Å². The Hall–Kier alpha value is -5.91. The van der Waals surface area contributed by atoms with Crippen LogP contribution in [0.1, 0.15) is 69.4 Å². The van der Waals surface area contributed by atoms with Gasteiger partial charge in [-0.25, -0.2) is 5.84 Å². The Labute approximate surface area is 317 Å². The number of nitro groups is 1. The van der Waals surface area contributed by atoms with Crippen LogP contribution >= 0.6 is 0 Å². The van der Waals surface area contributed by atoms with Crippen molar-refractivity contribution < 1.29 is 19.3 Å². The molecule has 296 valence electrons. The van der Waals surface area contributed by atoms with E-state index in [2.05, 4.69) is 49.2 Å². The molecule has 2 aromatic carbocycles. The molecule has 4 rings (SSSR count). The van der Waals surface area contributed by atoms with Gasteiger partial charge in [-0.15, -0.1) is 0 Å². The Bertz CT molecular complexity index is 1550. The fraction of sp³-hybridized carbons (Fsp3) is 0.389. The van der Waals surface area contributed by atoms with Gasteiger partial charge in [-0.05, 0) is 74.3 Å². The molecule has 0 fully saturated rings. The van der Waals surface area contributed by atoms with Crippen molar-refractivity contribution in [3.05, 3.63) is 111 Å². The molecule has 2 heterocycles. The minimum absolute atomic E-state index is 0.0778. The highest BCUT2D eigenvalue weighted by Gasteiger charge is 2.21. The number of nitro benzene ring substituents is 1. The fourth-order valence-corrected chi connectivity index (χ4v) is 3.78. The van der Waals surface area contributed by atoms with E-state index in [4.69, 9.17) is 17.2 Å². The number of benzene rings is 2. The Morgan fingerprint density at radius 3 is 2.00 bits per heavy atom. The molecule has 0 bridgehead atoms. The summed E-state index contributed by atoms with van der Waals surface area (Å²) in [6.07, 6.45) is 9.32. The average molecular weight is 752 g/mol. The second-order valence-electron chi connectivity index (χ2n) is 10.5. The molecule has 0 spiro atoms. The third-order valence-electron chi connectivity index (χ3n) is 6.68. The highest BCUT2D eigenvalue weighted by Crippen LogP contribution is 2.29. The number of carbonyl (C=O) groups excluding carboxylic acids is 3. The van der Waals surface area contributed by atoms with Crippen LogP contribution in [0, 0.1) is 10.1 Å². The number of nitrogen functional groups attached to an aromatic ring is 1. The van der Waals surface area contributed by atoms with E-state index < -0.39 is 4.92 Å². The van der Waals surface area contributed by atoms with Gasteiger partial charge in [0.05, 0.1) is 4.92 Å². The number of aromatic nitrogens is 1. The second kappa shape index (κ2) is 33.0. The zero-order valence-electron chi connectivity index (χ0n) is 32.1. The van der Waals surface area contributed by atoms with Crippen LogP contribution < -0.4 is 38.9 Å². The fourth-order valence-electron chi connectivity index (χ4n) is 3.78. The van der Waals surface area contributed by atoms with Gasteiger partial charge in [-0.2, -0.15) is 0 Å². The number of nitrogens with two attached hydrogens (primary N) is 3. The monoisotopic (exact) mass is 751 g/mol. The standard InChI is InChI=1S/C10H13N5O2.C8H11N3O.C8H11NO2.C7H9N.C2H8N2.CH5N/c1-2-3-6-12-9-5-4-8(13-14-11)7-10(9)15(16)17;1-10-7-4-2-6(3-5-7)8(12)11-9;1-2-3-6-9-7(10)4-5-8(9)11;1-2-7-5-3-4-6-8-7;1-2-4-3;1-2/h4-5,7,12H,2-3,6H2,1H3;2-5,10H,9H2,1H3,(H,11,12);4-5H,2-3,6H2,1H3;3-6H,2H2,1H3;4H,2-3H2,1H3;2H2,1H3. The lowest BCUT2D eigenvalue weighted by Crippen LogP contribution is -2.30. The number of pyridine rings is 1. The maximum atomic E-state index is 11.0. The number of unbranched alkanes of at least 4 members (excludes halogenated alkanes) is 2. The normalized spacial score (nSPS) is 10.4. The van der Waals surface area contributed by atoms with Crippen molar-refractivity contribution in [2.75, 3.05) is 44.4 Å². The Morgan fingerprint density at radius 2 is 1.57 bits per heavy atom. The van der Waals surface area contributed by atoms with E-state index in [-0.39, 0.29) is 29.1 Å². The number of anilines is 2. The molecule has 10 N–H and O–H groups in total. The number of rotatable bonds is 13. The Kier molecular flexibility index (Phi) is 30.6. The zero-order valence-corrected chi connectivity index (χ0v) is 32.1. The molecule has 54 heavy (non-hydrogen) atoms. The molecule has 3 amide bonds. The molecule has 0 unspecified atom stereocenters. The van der Waals surface area contributed by atoms with Gasteiger partial charge >= 0.3 is 0 Å². The van der Waals surface area contributed by atoms with Crippen molar-refractivity contribution in [3.8, 4) is 0 Å². The molecule has 3 aromatic rings. The van der Waals surface area contributed by atoms with Gasteiger partial charge in [0.15, 0.2) is 0 Å². The van der Waals surface area contributed by atoms with Crippen LogP contribution in [0.3, 0.4) is 0 Å². The van der Waals surface area contributed by atoms with Gasteiger partial charge in [0.1, 0.15) is 5.69 Å². The number of nitrogens with zero attached hydrogens (tertiary/aromatic N) is 6. The summed E-state index contributed by atoms with van der Waals surface area (Å²) in [7, 11) is 3.32. The second-order valence-corrected chi connectivity index (χ2v) is 10.5. The molecule has 0 atom stereocenters. The zero-order chi connectivity index (χ0) is 41.1. The number of aryl methyl sites for hydroxylation is 1. The van der Waals surface area contributed by atoms with E-state index in [1.54, 1.807) is 24.3 Å². The number of nitrogens with one attached hydrogen (secondary N) is 4. The number of hydrazine groups is 2. The predicted molar refractivity (Wildman–Crippen MR) is 215 cm³/mol. The average Bonchev–Trinajstić information content (AvgIpc) is 3.54. The van der Waals surface area contributed by atoms with Crippen molar-refractivity contribution in [2.24, 2.45) is 22.5 Å². The third-order valence-corrected chi connectivity index (χ3v) is 6.68. The van der Waals surface area contributed by atoms with E-state index in [0.717, 1.165) is 50.0 Å². The number of azide groups is 1. The summed E-state index contributed by atoms with van der Waals surface area (Å²) in [5.74, 6) is 9.10. The number of imide groups is 1. The summed E-state index contributed by atoms with van der Waals surface area (Å²) in [4.78, 5) is 51.1. The van der Waals surface area contributed by atoms with Crippen LogP contribution in [-0.4, -0.2) is 66.3 Å². The minimum atomic E-state index is -0.495. The maximum Gasteiger partial charge on any atom is 0.292 e. The first kappa shape index (κ1) is 50.2. The molecule has 0 aliphatic carbocycles. The summed E-state index contributed by atoms with van der Waals surface area (Å²) in [5.41, 5.74) is 20.5. The SMILES string of the molecule is CCCCN1C(=O)C=CC1=O.CCCCNc1ccc(N=[N+]=[N-])cc1[N+](=O)[O-].CCNN.CCc1ccccn1.CN.CNc1ccc(C(=O)NN)cc1. The maximum absolute atomic E-state index is 11.0. The van der Waals surface area contributed by atoms with Gasteiger partial charge in [0, 0.05) is 78.6 Å². The number of amides is 3. The number of hydrogen-bond acceptors (Lipinski definition) is 13. The quantitative estimate of drug-likeness (QED) is 0.0132. The van der Waals surface area contributed by atoms with Crippen LogP contribution in [0.2, 0.25) is 0 Å². The molecule has 1 aliphatic rings. The van der Waals surface area contributed by atoms with Gasteiger partial charge in [-0.1, -0.05) is 57.8 Å². The van der Waals surface area contributed by atoms with Crippen molar-refractivity contribution >= 4 is 40.5 Å². The summed E-state index contributed by atoms with van der Waals surface area (Å²) < 4.78 is 0.